The van der Waals surface area contributed by atoms with Crippen LogP contribution >= 0.6 is 11.6 Å². The fraction of sp³-hybridized carbons (Fsp3) is 0.235. The molecule has 0 heterocycles. The second kappa shape index (κ2) is 7.75. The van der Waals surface area contributed by atoms with Crippen LogP contribution in [0, 0.1) is 24.4 Å². The van der Waals surface area contributed by atoms with Crippen molar-refractivity contribution >= 4 is 33.0 Å². The number of rotatable bonds is 4. The van der Waals surface area contributed by atoms with Crippen molar-refractivity contribution in [3.8, 4) is 0 Å². The number of alkyl halides is 3. The van der Waals surface area contributed by atoms with Gasteiger partial charge in [-0.25, -0.2) is 21.6 Å². The lowest BCUT2D eigenvalue weighted by molar-refractivity contribution is -0.242. The fourth-order valence-electron chi connectivity index (χ4n) is 2.21. The van der Waals surface area contributed by atoms with Crippen LogP contribution in [0.15, 0.2) is 34.1 Å². The summed E-state index contributed by atoms with van der Waals surface area (Å²) in [5.74, 6) is -7.20. The summed E-state index contributed by atoms with van der Waals surface area (Å²) in [6, 6.07) is 2.57. The number of carbonyl (C=O) groups is 1. The topological polar surface area (TPSA) is 83.5 Å². The number of aliphatic hydroxyl groups is 1. The van der Waals surface area contributed by atoms with E-state index in [2.05, 4.69) is 0 Å². The van der Waals surface area contributed by atoms with Crippen molar-refractivity contribution in [3.63, 3.8) is 0 Å². The number of carbonyl (C=O) groups excluding carboxylic acids is 1. The van der Waals surface area contributed by atoms with Gasteiger partial charge in [0.25, 0.3) is 5.91 Å². The number of anilines is 1. The summed E-state index contributed by atoms with van der Waals surface area (Å²) in [5.41, 5.74) is -4.94. The van der Waals surface area contributed by atoms with Gasteiger partial charge in [-0.05, 0) is 38.1 Å². The quantitative estimate of drug-likeness (QED) is 0.395. The average molecular weight is 476 g/mol. The number of benzene rings is 2. The molecule has 0 aromatic heterocycles. The van der Waals surface area contributed by atoms with Gasteiger partial charge in [0.2, 0.25) is 15.4 Å². The molecule has 164 valence electrons. The van der Waals surface area contributed by atoms with Crippen molar-refractivity contribution in [2.75, 3.05) is 5.32 Å². The Morgan fingerprint density at radius 1 is 1.10 bits per heavy atom. The predicted octanol–water partition coefficient (Wildman–Crippen LogP) is 4.15. The smallest absolute Gasteiger partial charge is 0.373 e. The molecule has 1 unspecified atom stereocenters. The molecule has 0 saturated carbocycles. The van der Waals surface area contributed by atoms with Crippen LogP contribution in [0.5, 0.6) is 0 Å². The van der Waals surface area contributed by atoms with E-state index in [0.717, 1.165) is 19.1 Å². The largest absolute Gasteiger partial charge is 0.426 e. The van der Waals surface area contributed by atoms with Crippen LogP contribution in [0.3, 0.4) is 0 Å². The molecule has 0 aliphatic heterocycles. The maximum absolute atomic E-state index is 13.7. The summed E-state index contributed by atoms with van der Waals surface area (Å²) in [4.78, 5) is 10.2. The second-order valence-electron chi connectivity index (χ2n) is 6.28. The summed E-state index contributed by atoms with van der Waals surface area (Å²) in [6.45, 7) is 1.11. The first kappa shape index (κ1) is 24.0. The second-order valence-corrected chi connectivity index (χ2v) is 8.60. The van der Waals surface area contributed by atoms with E-state index in [1.54, 1.807) is 5.32 Å². The van der Waals surface area contributed by atoms with Crippen molar-refractivity contribution in [2.24, 2.45) is 0 Å². The van der Waals surface area contributed by atoms with Gasteiger partial charge in [0, 0.05) is 5.56 Å². The van der Waals surface area contributed by atoms with Crippen LogP contribution in [0.25, 0.3) is 0 Å². The van der Waals surface area contributed by atoms with Gasteiger partial charge in [-0.3, -0.25) is 4.79 Å². The van der Waals surface area contributed by atoms with Crippen molar-refractivity contribution in [3.05, 3.63) is 52.3 Å². The third kappa shape index (κ3) is 4.12. The van der Waals surface area contributed by atoms with Crippen LogP contribution in [0.2, 0.25) is 5.02 Å². The molecule has 0 bridgehead atoms. The Morgan fingerprint density at radius 3 is 2.17 bits per heavy atom. The lowest BCUT2D eigenvalue weighted by atomic mass is 10.1. The van der Waals surface area contributed by atoms with Gasteiger partial charge < -0.3 is 10.4 Å². The summed E-state index contributed by atoms with van der Waals surface area (Å²) in [7, 11) is -4.62. The van der Waals surface area contributed by atoms with Gasteiger partial charge in [0.15, 0.2) is 17.5 Å². The molecule has 2 aromatic rings. The Balaban J connectivity index is 2.46. The Hall–Kier alpha value is -2.31. The molecule has 2 N–H and O–H groups in total. The summed E-state index contributed by atoms with van der Waals surface area (Å²) >= 11 is 5.81. The Kier molecular flexibility index (Phi) is 6.19. The zero-order chi connectivity index (χ0) is 23.2. The third-order valence-corrected chi connectivity index (χ3v) is 6.33. The highest BCUT2D eigenvalue weighted by Crippen LogP contribution is 2.34. The highest BCUT2D eigenvalue weighted by molar-refractivity contribution is 7.91. The molecular weight excluding hydrogens is 464 g/mol. The van der Waals surface area contributed by atoms with Crippen molar-refractivity contribution in [1.82, 2.24) is 0 Å². The molecule has 0 spiro atoms. The standard InChI is InChI=1S/C17H12ClF6NO4S/c1-7-12(6-10(19)14(21)13(7)20)30(28,29)8-3-4-11(9(18)5-8)25-15(26)16(2,27)17(22,23)24/h3-6,27H,1-2H3,(H,25,26). The predicted molar refractivity (Wildman–Crippen MR) is 93.3 cm³/mol. The zero-order valence-electron chi connectivity index (χ0n) is 15.0. The zero-order valence-corrected chi connectivity index (χ0v) is 16.6. The van der Waals surface area contributed by atoms with E-state index in [1.165, 1.54) is 0 Å². The molecule has 0 aliphatic carbocycles. The highest BCUT2D eigenvalue weighted by Gasteiger charge is 2.55. The van der Waals surface area contributed by atoms with Gasteiger partial charge in [0.05, 0.1) is 20.5 Å². The third-order valence-electron chi connectivity index (χ3n) is 4.14. The van der Waals surface area contributed by atoms with E-state index in [-0.39, 0.29) is 13.0 Å². The van der Waals surface area contributed by atoms with E-state index >= 15 is 0 Å². The summed E-state index contributed by atoms with van der Waals surface area (Å²) in [6.07, 6.45) is -5.30. The van der Waals surface area contributed by atoms with E-state index in [0.29, 0.717) is 6.07 Å². The molecule has 0 radical (unpaired) electrons. The Labute approximate surface area is 171 Å². The summed E-state index contributed by atoms with van der Waals surface area (Å²) < 4.78 is 104. The summed E-state index contributed by atoms with van der Waals surface area (Å²) in [5, 5.41) is 10.5. The fourth-order valence-corrected chi connectivity index (χ4v) is 4.03. The number of nitrogens with one attached hydrogen (secondary N) is 1. The minimum atomic E-state index is -5.30. The molecule has 0 fully saturated rings. The van der Waals surface area contributed by atoms with Gasteiger partial charge in [-0.1, -0.05) is 11.6 Å². The average Bonchev–Trinajstić information content (AvgIpc) is 2.63. The van der Waals surface area contributed by atoms with E-state index in [4.69, 9.17) is 11.6 Å². The van der Waals surface area contributed by atoms with Gasteiger partial charge in [-0.2, -0.15) is 13.2 Å². The molecule has 30 heavy (non-hydrogen) atoms. The molecule has 5 nitrogen and oxygen atoms in total. The molecular formula is C17H12ClF6NO4S. The molecule has 1 atom stereocenters. The van der Waals surface area contributed by atoms with Crippen molar-refractivity contribution in [1.29, 1.82) is 0 Å². The van der Waals surface area contributed by atoms with Crippen molar-refractivity contribution in [2.45, 2.75) is 35.4 Å². The lowest BCUT2D eigenvalue weighted by Gasteiger charge is -2.25. The van der Waals surface area contributed by atoms with Crippen molar-refractivity contribution < 1.29 is 44.7 Å². The monoisotopic (exact) mass is 475 g/mol. The normalized spacial score (nSPS) is 14.3. The van der Waals surface area contributed by atoms with E-state index < -0.39 is 71.0 Å². The Bertz CT molecular complexity index is 1130. The SMILES string of the molecule is Cc1c(S(=O)(=O)c2ccc(NC(=O)C(C)(O)C(F)(F)F)c(Cl)c2)cc(F)c(F)c1F. The van der Waals surface area contributed by atoms with E-state index in [1.807, 2.05) is 0 Å². The van der Waals surface area contributed by atoms with Crippen LogP contribution in [-0.4, -0.2) is 31.2 Å². The van der Waals surface area contributed by atoms with Crippen LogP contribution in [0.4, 0.5) is 32.0 Å². The molecule has 1 amide bonds. The van der Waals surface area contributed by atoms with Gasteiger partial charge in [0.1, 0.15) is 0 Å². The first-order valence-corrected chi connectivity index (χ1v) is 9.67. The molecule has 2 rings (SSSR count). The molecule has 13 heteroatoms. The number of sulfone groups is 1. The molecule has 0 saturated heterocycles. The number of hydrogen-bond donors (Lipinski definition) is 2. The maximum atomic E-state index is 13.7. The molecule has 2 aromatic carbocycles. The van der Waals surface area contributed by atoms with Crippen LogP contribution in [0.1, 0.15) is 12.5 Å². The number of hydrogen-bond acceptors (Lipinski definition) is 4. The van der Waals surface area contributed by atoms with Crippen LogP contribution in [-0.2, 0) is 14.6 Å². The highest BCUT2D eigenvalue weighted by atomic mass is 35.5. The maximum Gasteiger partial charge on any atom is 0.426 e. The van der Waals surface area contributed by atoms with Gasteiger partial charge >= 0.3 is 6.18 Å². The first-order chi connectivity index (χ1) is 13.5. The molecule has 0 aliphatic rings. The van der Waals surface area contributed by atoms with Crippen LogP contribution < -0.4 is 5.32 Å². The minimum absolute atomic E-state index is 0.204. The number of halogens is 7. The van der Waals surface area contributed by atoms with Gasteiger partial charge in [-0.15, -0.1) is 0 Å². The first-order valence-electron chi connectivity index (χ1n) is 7.81. The Morgan fingerprint density at radius 2 is 1.67 bits per heavy atom. The number of amides is 1. The minimum Gasteiger partial charge on any atom is -0.373 e. The van der Waals surface area contributed by atoms with E-state index in [9.17, 15) is 44.7 Å². The lowest BCUT2D eigenvalue weighted by Crippen LogP contribution is -2.52.